The van der Waals surface area contributed by atoms with Crippen LogP contribution < -0.4 is 14.8 Å². The highest BCUT2D eigenvalue weighted by atomic mass is 16.5. The van der Waals surface area contributed by atoms with Crippen molar-refractivity contribution < 1.29 is 19.0 Å². The quantitative estimate of drug-likeness (QED) is 0.370. The van der Waals surface area contributed by atoms with Crippen molar-refractivity contribution in [1.29, 1.82) is 10.5 Å². The Morgan fingerprint density at radius 1 is 1.13 bits per heavy atom. The van der Waals surface area contributed by atoms with Gasteiger partial charge in [0.1, 0.15) is 18.2 Å². The van der Waals surface area contributed by atoms with Crippen LogP contribution in [0.2, 0.25) is 0 Å². The molecule has 0 saturated carbocycles. The largest absolute Gasteiger partial charge is 0.493 e. The first-order valence-corrected chi connectivity index (χ1v) is 9.30. The molecule has 0 bridgehead atoms. The Morgan fingerprint density at radius 3 is 2.63 bits per heavy atom. The van der Waals surface area contributed by atoms with E-state index in [-0.39, 0.29) is 12.2 Å². The van der Waals surface area contributed by atoms with Crippen LogP contribution in [0.5, 0.6) is 11.5 Å². The summed E-state index contributed by atoms with van der Waals surface area (Å²) in [7, 11) is 3.10. The molecule has 0 aliphatic rings. The van der Waals surface area contributed by atoms with E-state index in [4.69, 9.17) is 14.2 Å². The lowest BCUT2D eigenvalue weighted by atomic mass is 10.1. The second-order valence-corrected chi connectivity index (χ2v) is 6.24. The maximum absolute atomic E-state index is 12.2. The first kappa shape index (κ1) is 22.5. The van der Waals surface area contributed by atoms with Crippen LogP contribution in [0.15, 0.2) is 48.0 Å². The molecule has 7 heteroatoms. The Kier molecular flexibility index (Phi) is 8.92. The van der Waals surface area contributed by atoms with Gasteiger partial charge in [-0.3, -0.25) is 4.79 Å². The number of hydrogen-bond donors (Lipinski definition) is 1. The van der Waals surface area contributed by atoms with Crippen LogP contribution in [0.3, 0.4) is 0 Å². The number of amides is 1. The van der Waals surface area contributed by atoms with Gasteiger partial charge in [-0.25, -0.2) is 0 Å². The molecule has 2 aromatic rings. The van der Waals surface area contributed by atoms with Gasteiger partial charge in [-0.1, -0.05) is 24.3 Å². The first-order chi connectivity index (χ1) is 14.6. The van der Waals surface area contributed by atoms with Gasteiger partial charge in [0, 0.05) is 25.8 Å². The number of nitrogens with one attached hydrogen (secondary N) is 1. The van der Waals surface area contributed by atoms with Crippen LogP contribution in [-0.2, 0) is 16.1 Å². The molecule has 1 amide bonds. The van der Waals surface area contributed by atoms with Crippen molar-refractivity contribution in [3.05, 3.63) is 64.7 Å². The van der Waals surface area contributed by atoms with Gasteiger partial charge in [-0.05, 0) is 36.3 Å². The van der Waals surface area contributed by atoms with Gasteiger partial charge < -0.3 is 19.5 Å². The number of nitriles is 2. The predicted octanol–water partition coefficient (Wildman–Crippen LogP) is 3.21. The summed E-state index contributed by atoms with van der Waals surface area (Å²) in [6.45, 7) is 1.16. The van der Waals surface area contributed by atoms with E-state index in [1.54, 1.807) is 37.4 Å². The van der Waals surface area contributed by atoms with Crippen molar-refractivity contribution in [2.45, 2.75) is 13.0 Å². The number of carbonyl (C=O) groups excluding carboxylic acids is 1. The fraction of sp³-hybridized carbons (Fsp3) is 0.261. The minimum Gasteiger partial charge on any atom is -0.493 e. The SMILES string of the molecule is COCCCNC(=O)/C(C#N)=C/c1ccc(OCc2ccccc2C#N)c(OC)c1. The van der Waals surface area contributed by atoms with Gasteiger partial charge >= 0.3 is 0 Å². The molecule has 30 heavy (non-hydrogen) atoms. The molecule has 1 N–H and O–H groups in total. The van der Waals surface area contributed by atoms with Crippen LogP contribution in [0.4, 0.5) is 0 Å². The van der Waals surface area contributed by atoms with E-state index in [1.165, 1.54) is 13.2 Å². The molecule has 2 aromatic carbocycles. The van der Waals surface area contributed by atoms with Crippen molar-refractivity contribution in [2.24, 2.45) is 0 Å². The highest BCUT2D eigenvalue weighted by Crippen LogP contribution is 2.30. The summed E-state index contributed by atoms with van der Waals surface area (Å²) in [6.07, 6.45) is 2.15. The molecule has 0 aliphatic heterocycles. The van der Waals surface area contributed by atoms with Gasteiger partial charge in [0.15, 0.2) is 11.5 Å². The van der Waals surface area contributed by atoms with Crippen molar-refractivity contribution in [2.75, 3.05) is 27.4 Å². The monoisotopic (exact) mass is 405 g/mol. The Balaban J connectivity index is 2.12. The number of ether oxygens (including phenoxy) is 3. The molecule has 0 fully saturated rings. The van der Waals surface area contributed by atoms with Gasteiger partial charge in [-0.2, -0.15) is 10.5 Å². The standard InChI is InChI=1S/C23H23N3O4/c1-28-11-5-10-26-23(27)20(15-25)12-17-8-9-21(22(13-17)29-2)30-16-19-7-4-3-6-18(19)14-24/h3-4,6-9,12-13H,5,10-11,16H2,1-2H3,(H,26,27)/b20-12+. The molecule has 0 unspecified atom stereocenters. The van der Waals surface area contributed by atoms with E-state index in [1.807, 2.05) is 18.2 Å². The van der Waals surface area contributed by atoms with Crippen LogP contribution in [0.25, 0.3) is 6.08 Å². The topological polar surface area (TPSA) is 104 Å². The van der Waals surface area contributed by atoms with Gasteiger partial charge in [0.25, 0.3) is 5.91 Å². The minimum atomic E-state index is -0.444. The van der Waals surface area contributed by atoms with Crippen molar-refractivity contribution >= 4 is 12.0 Å². The Hall–Kier alpha value is -3.81. The first-order valence-electron chi connectivity index (χ1n) is 9.30. The fourth-order valence-electron chi connectivity index (χ4n) is 2.63. The zero-order valence-corrected chi connectivity index (χ0v) is 17.0. The maximum atomic E-state index is 12.2. The molecule has 0 heterocycles. The number of methoxy groups -OCH3 is 2. The zero-order chi connectivity index (χ0) is 21.8. The summed E-state index contributed by atoms with van der Waals surface area (Å²) >= 11 is 0. The fourth-order valence-corrected chi connectivity index (χ4v) is 2.63. The van der Waals surface area contributed by atoms with Gasteiger partial charge in [-0.15, -0.1) is 0 Å². The number of hydrogen-bond acceptors (Lipinski definition) is 6. The van der Waals surface area contributed by atoms with Crippen LogP contribution in [0.1, 0.15) is 23.1 Å². The van der Waals surface area contributed by atoms with Crippen LogP contribution >= 0.6 is 0 Å². The van der Waals surface area contributed by atoms with Crippen LogP contribution in [0, 0.1) is 22.7 Å². The molecular formula is C23H23N3O4. The smallest absolute Gasteiger partial charge is 0.261 e. The molecule has 2 rings (SSSR count). The number of rotatable bonds is 10. The molecule has 0 atom stereocenters. The highest BCUT2D eigenvalue weighted by Gasteiger charge is 2.11. The number of carbonyl (C=O) groups is 1. The number of benzene rings is 2. The molecule has 7 nitrogen and oxygen atoms in total. The highest BCUT2D eigenvalue weighted by molar-refractivity contribution is 6.01. The van der Waals surface area contributed by atoms with Crippen molar-refractivity contribution in [3.8, 4) is 23.6 Å². The third-order valence-electron chi connectivity index (χ3n) is 4.20. The summed E-state index contributed by atoms with van der Waals surface area (Å²) in [4.78, 5) is 12.2. The van der Waals surface area contributed by atoms with E-state index in [0.717, 1.165) is 5.56 Å². The van der Waals surface area contributed by atoms with E-state index in [0.29, 0.717) is 42.2 Å². The maximum Gasteiger partial charge on any atom is 0.261 e. The Morgan fingerprint density at radius 2 is 1.93 bits per heavy atom. The number of nitrogens with zero attached hydrogens (tertiary/aromatic N) is 2. The summed E-state index contributed by atoms with van der Waals surface area (Å²) in [5.74, 6) is 0.502. The molecular weight excluding hydrogens is 382 g/mol. The lowest BCUT2D eigenvalue weighted by Gasteiger charge is -2.12. The van der Waals surface area contributed by atoms with Crippen molar-refractivity contribution in [1.82, 2.24) is 5.32 Å². The second-order valence-electron chi connectivity index (χ2n) is 6.24. The van der Waals surface area contributed by atoms with Crippen molar-refractivity contribution in [3.63, 3.8) is 0 Å². The summed E-state index contributed by atoms with van der Waals surface area (Å²) in [5.41, 5.74) is 1.93. The molecule has 0 aromatic heterocycles. The predicted molar refractivity (Wildman–Crippen MR) is 112 cm³/mol. The van der Waals surface area contributed by atoms with E-state index >= 15 is 0 Å². The zero-order valence-electron chi connectivity index (χ0n) is 17.0. The van der Waals surface area contributed by atoms with Gasteiger partial charge in [0.2, 0.25) is 0 Å². The third kappa shape index (κ3) is 6.37. The molecule has 0 aliphatic carbocycles. The Bertz CT molecular complexity index is 987. The minimum absolute atomic E-state index is 0.00825. The summed E-state index contributed by atoms with van der Waals surface area (Å²) in [6, 6.07) is 16.4. The third-order valence-corrected chi connectivity index (χ3v) is 4.20. The molecule has 154 valence electrons. The summed E-state index contributed by atoms with van der Waals surface area (Å²) < 4.78 is 16.1. The average Bonchev–Trinajstić information content (AvgIpc) is 2.79. The second kappa shape index (κ2) is 11.9. The van der Waals surface area contributed by atoms with Crippen LogP contribution in [-0.4, -0.2) is 33.3 Å². The molecule has 0 saturated heterocycles. The van der Waals surface area contributed by atoms with E-state index < -0.39 is 5.91 Å². The normalized spacial score (nSPS) is 10.6. The summed E-state index contributed by atoms with van der Waals surface area (Å²) in [5, 5.41) is 21.2. The molecule has 0 radical (unpaired) electrons. The average molecular weight is 405 g/mol. The Labute approximate surface area is 176 Å². The lowest BCUT2D eigenvalue weighted by Crippen LogP contribution is -2.26. The van der Waals surface area contributed by atoms with E-state index in [9.17, 15) is 15.3 Å². The molecule has 0 spiro atoms. The lowest BCUT2D eigenvalue weighted by molar-refractivity contribution is -0.117. The van der Waals surface area contributed by atoms with Gasteiger partial charge in [0.05, 0.1) is 18.7 Å². The van der Waals surface area contributed by atoms with E-state index in [2.05, 4.69) is 11.4 Å².